The lowest BCUT2D eigenvalue weighted by Crippen LogP contribution is -2.11. The molecule has 0 spiro atoms. The Balaban J connectivity index is 1.75. The van der Waals surface area contributed by atoms with E-state index >= 15 is 0 Å². The molecule has 0 aliphatic carbocycles. The molecule has 0 atom stereocenters. The van der Waals surface area contributed by atoms with Crippen molar-refractivity contribution in [2.45, 2.75) is 6.92 Å². The molecule has 6 heteroatoms. The van der Waals surface area contributed by atoms with Crippen molar-refractivity contribution in [1.29, 1.82) is 0 Å². The zero-order valence-corrected chi connectivity index (χ0v) is 12.9. The summed E-state index contributed by atoms with van der Waals surface area (Å²) < 4.78 is 5.24. The minimum atomic E-state index is -0.490. The van der Waals surface area contributed by atoms with Gasteiger partial charge < -0.3 is 15.1 Å². The molecule has 0 saturated carbocycles. The van der Waals surface area contributed by atoms with Crippen LogP contribution in [0.5, 0.6) is 0 Å². The van der Waals surface area contributed by atoms with Crippen LogP contribution in [0.1, 0.15) is 16.2 Å². The fourth-order valence-corrected chi connectivity index (χ4v) is 2.66. The number of aromatic amines is 1. The number of nitrogens with zero attached hydrogens (tertiary/aromatic N) is 2. The van der Waals surface area contributed by atoms with Crippen molar-refractivity contribution in [3.8, 4) is 22.6 Å². The van der Waals surface area contributed by atoms with Crippen molar-refractivity contribution < 1.29 is 9.21 Å². The zero-order chi connectivity index (χ0) is 16.7. The van der Waals surface area contributed by atoms with Gasteiger partial charge in [-0.1, -0.05) is 30.3 Å². The smallest absolute Gasteiger partial charge is 0.250 e. The first kappa shape index (κ1) is 14.2. The summed E-state index contributed by atoms with van der Waals surface area (Å²) in [5.41, 5.74) is 9.83. The molecule has 0 aliphatic heterocycles. The molecule has 0 fully saturated rings. The molecule has 2 aromatic heterocycles. The fourth-order valence-electron chi connectivity index (χ4n) is 2.66. The van der Waals surface area contributed by atoms with Crippen molar-refractivity contribution in [3.63, 3.8) is 0 Å². The predicted molar refractivity (Wildman–Crippen MR) is 90.3 cm³/mol. The Labute approximate surface area is 137 Å². The molecule has 0 saturated heterocycles. The van der Waals surface area contributed by atoms with E-state index in [2.05, 4.69) is 15.0 Å². The number of nitrogens with one attached hydrogen (secondary N) is 1. The van der Waals surface area contributed by atoms with E-state index in [-0.39, 0.29) is 0 Å². The van der Waals surface area contributed by atoms with Crippen molar-refractivity contribution in [3.05, 3.63) is 60.2 Å². The van der Waals surface area contributed by atoms with Crippen LogP contribution in [-0.4, -0.2) is 20.9 Å². The third-order valence-electron chi connectivity index (χ3n) is 3.85. The van der Waals surface area contributed by atoms with E-state index in [0.717, 1.165) is 22.3 Å². The topological polar surface area (TPSA) is 97.8 Å². The number of aryl methyl sites for hydroxylation is 1. The highest BCUT2D eigenvalue weighted by Gasteiger charge is 2.12. The van der Waals surface area contributed by atoms with Crippen molar-refractivity contribution >= 4 is 16.9 Å². The Morgan fingerprint density at radius 1 is 1.08 bits per heavy atom. The van der Waals surface area contributed by atoms with Crippen molar-refractivity contribution in [2.24, 2.45) is 5.73 Å². The molecule has 3 N–H and O–H groups in total. The maximum atomic E-state index is 11.5. The number of carbonyl (C=O) groups excluding carboxylic acids is 1. The van der Waals surface area contributed by atoms with Crippen LogP contribution in [0.15, 0.2) is 53.1 Å². The van der Waals surface area contributed by atoms with Gasteiger partial charge in [0.2, 0.25) is 0 Å². The van der Waals surface area contributed by atoms with E-state index in [1.165, 1.54) is 0 Å². The molecule has 0 radical (unpaired) electrons. The Morgan fingerprint density at radius 3 is 2.50 bits per heavy atom. The van der Waals surface area contributed by atoms with Gasteiger partial charge in [0.05, 0.1) is 11.1 Å². The lowest BCUT2D eigenvalue weighted by atomic mass is 10.1. The Morgan fingerprint density at radius 2 is 1.83 bits per heavy atom. The number of primary amides is 1. The second-order valence-corrected chi connectivity index (χ2v) is 5.48. The number of hydrogen-bond donors (Lipinski definition) is 2. The number of hydrogen-bond acceptors (Lipinski definition) is 4. The van der Waals surface area contributed by atoms with Gasteiger partial charge in [0.15, 0.2) is 5.89 Å². The first-order valence-corrected chi connectivity index (χ1v) is 7.43. The summed E-state index contributed by atoms with van der Waals surface area (Å²) in [6.07, 6.45) is 1.63. The van der Waals surface area contributed by atoms with E-state index in [4.69, 9.17) is 10.2 Å². The number of nitrogens with two attached hydrogens (primary N) is 1. The predicted octanol–water partition coefficient (Wildman–Crippen LogP) is 3.29. The fraction of sp³-hybridized carbons (Fsp3) is 0.0556. The second-order valence-electron chi connectivity index (χ2n) is 5.48. The van der Waals surface area contributed by atoms with E-state index in [9.17, 15) is 4.79 Å². The number of rotatable bonds is 3. The van der Waals surface area contributed by atoms with Crippen LogP contribution in [0, 0.1) is 6.92 Å². The van der Waals surface area contributed by atoms with Crippen LogP contribution in [-0.2, 0) is 0 Å². The summed E-state index contributed by atoms with van der Waals surface area (Å²) in [5, 5.41) is 0. The standard InChI is InChI=1S/C18H14N4O2/c1-10-20-15(9-24-10)11-5-7-12(8-6-11)18-21-14-4-2-3-13(17(19)23)16(14)22-18/h2-9H,1H3,(H2,19,23)(H,21,22). The highest BCUT2D eigenvalue weighted by atomic mass is 16.3. The third-order valence-corrected chi connectivity index (χ3v) is 3.85. The summed E-state index contributed by atoms with van der Waals surface area (Å²) in [7, 11) is 0. The summed E-state index contributed by atoms with van der Waals surface area (Å²) in [6.45, 7) is 1.81. The van der Waals surface area contributed by atoms with Crippen LogP contribution in [0.2, 0.25) is 0 Å². The first-order valence-electron chi connectivity index (χ1n) is 7.43. The van der Waals surface area contributed by atoms with E-state index in [1.54, 1.807) is 18.4 Å². The van der Waals surface area contributed by atoms with Gasteiger partial charge in [-0.25, -0.2) is 9.97 Å². The largest absolute Gasteiger partial charge is 0.449 e. The monoisotopic (exact) mass is 318 g/mol. The Kier molecular flexibility index (Phi) is 3.16. The van der Waals surface area contributed by atoms with Crippen LogP contribution in [0.3, 0.4) is 0 Å². The Bertz CT molecular complexity index is 1040. The number of oxazole rings is 1. The minimum Gasteiger partial charge on any atom is -0.449 e. The molecule has 2 heterocycles. The van der Waals surface area contributed by atoms with Crippen molar-refractivity contribution in [2.75, 3.05) is 0 Å². The van der Waals surface area contributed by atoms with Crippen LogP contribution >= 0.6 is 0 Å². The summed E-state index contributed by atoms with van der Waals surface area (Å²) >= 11 is 0. The lowest BCUT2D eigenvalue weighted by Gasteiger charge is -1.99. The number of imidazole rings is 1. The quantitative estimate of drug-likeness (QED) is 0.605. The normalized spacial score (nSPS) is 11.0. The minimum absolute atomic E-state index is 0.407. The van der Waals surface area contributed by atoms with Crippen LogP contribution in [0.25, 0.3) is 33.7 Å². The third kappa shape index (κ3) is 2.34. The SMILES string of the molecule is Cc1nc(-c2ccc(-c3nc4c(C(N)=O)cccc4[nH]3)cc2)co1. The highest BCUT2D eigenvalue weighted by molar-refractivity contribution is 6.04. The molecule has 4 aromatic rings. The molecule has 4 rings (SSSR count). The molecule has 6 nitrogen and oxygen atoms in total. The van der Waals surface area contributed by atoms with Gasteiger partial charge in [-0.2, -0.15) is 0 Å². The lowest BCUT2D eigenvalue weighted by molar-refractivity contribution is 0.100. The number of aromatic nitrogens is 3. The molecule has 0 aliphatic rings. The molecule has 118 valence electrons. The number of H-pyrrole nitrogens is 1. The van der Waals surface area contributed by atoms with Gasteiger partial charge in [-0.15, -0.1) is 0 Å². The summed E-state index contributed by atoms with van der Waals surface area (Å²) in [4.78, 5) is 23.6. The Hall–Kier alpha value is -3.41. The van der Waals surface area contributed by atoms with Gasteiger partial charge in [-0.3, -0.25) is 4.79 Å². The van der Waals surface area contributed by atoms with Gasteiger partial charge in [0, 0.05) is 18.1 Å². The molecule has 1 amide bonds. The molecule has 24 heavy (non-hydrogen) atoms. The first-order chi connectivity index (χ1) is 11.6. The maximum Gasteiger partial charge on any atom is 0.250 e. The second kappa shape index (κ2) is 5.34. The summed E-state index contributed by atoms with van der Waals surface area (Å²) in [6, 6.07) is 13.1. The average Bonchev–Trinajstić information content (AvgIpc) is 3.20. The molecule has 2 aromatic carbocycles. The molecule has 0 unspecified atom stereocenters. The van der Waals surface area contributed by atoms with Gasteiger partial charge >= 0.3 is 0 Å². The summed E-state index contributed by atoms with van der Waals surface area (Å²) in [5.74, 6) is 0.822. The molecular formula is C18H14N4O2. The van der Waals surface area contributed by atoms with Gasteiger partial charge in [0.25, 0.3) is 5.91 Å². The highest BCUT2D eigenvalue weighted by Crippen LogP contribution is 2.25. The number of carbonyl (C=O) groups is 1. The maximum absolute atomic E-state index is 11.5. The zero-order valence-electron chi connectivity index (χ0n) is 12.9. The van der Waals surface area contributed by atoms with Gasteiger partial charge in [-0.05, 0) is 12.1 Å². The van der Waals surface area contributed by atoms with E-state index in [0.29, 0.717) is 22.8 Å². The van der Waals surface area contributed by atoms with E-state index < -0.39 is 5.91 Å². The number of benzene rings is 2. The average molecular weight is 318 g/mol. The van der Waals surface area contributed by atoms with Gasteiger partial charge in [0.1, 0.15) is 23.3 Å². The van der Waals surface area contributed by atoms with Crippen LogP contribution in [0.4, 0.5) is 0 Å². The number of para-hydroxylation sites is 1. The van der Waals surface area contributed by atoms with Crippen LogP contribution < -0.4 is 5.73 Å². The molecular weight excluding hydrogens is 304 g/mol. The molecule has 0 bridgehead atoms. The van der Waals surface area contributed by atoms with Crippen molar-refractivity contribution in [1.82, 2.24) is 15.0 Å². The van der Waals surface area contributed by atoms with E-state index in [1.807, 2.05) is 37.3 Å². The number of fused-ring (bicyclic) bond motifs is 1. The number of amides is 1.